The van der Waals surface area contributed by atoms with Gasteiger partial charge in [-0.3, -0.25) is 0 Å². The third kappa shape index (κ3) is 4.17. The fourth-order valence-corrected chi connectivity index (χ4v) is 2.11. The summed E-state index contributed by atoms with van der Waals surface area (Å²) in [6.07, 6.45) is 1.42. The standard InChI is InChI=1S/C17H15F2N5O/c1-25-12-7-5-11(6-8-12)9-20-15-10-21-24-17(22-15)23-16-13(18)3-2-4-14(16)19/h2-8,10H,9H2,1H3,(H2,20,22,23,24). The summed E-state index contributed by atoms with van der Waals surface area (Å²) in [5.41, 5.74) is 0.686. The first-order valence-electron chi connectivity index (χ1n) is 7.43. The molecule has 0 amide bonds. The average molecular weight is 343 g/mol. The summed E-state index contributed by atoms with van der Waals surface area (Å²) in [5, 5.41) is 13.1. The molecule has 3 rings (SSSR count). The van der Waals surface area contributed by atoms with E-state index in [4.69, 9.17) is 4.74 Å². The van der Waals surface area contributed by atoms with Crippen molar-refractivity contribution in [3.8, 4) is 5.75 Å². The van der Waals surface area contributed by atoms with Gasteiger partial charge in [0.05, 0.1) is 13.3 Å². The van der Waals surface area contributed by atoms with E-state index in [9.17, 15) is 8.78 Å². The maximum Gasteiger partial charge on any atom is 0.249 e. The van der Waals surface area contributed by atoms with Gasteiger partial charge in [0.25, 0.3) is 0 Å². The number of para-hydroxylation sites is 1. The van der Waals surface area contributed by atoms with Gasteiger partial charge in [-0.25, -0.2) is 8.78 Å². The zero-order valence-corrected chi connectivity index (χ0v) is 13.3. The van der Waals surface area contributed by atoms with Crippen molar-refractivity contribution in [2.45, 2.75) is 6.54 Å². The van der Waals surface area contributed by atoms with Crippen molar-refractivity contribution in [1.82, 2.24) is 15.2 Å². The normalized spacial score (nSPS) is 10.4. The molecule has 0 fully saturated rings. The summed E-state index contributed by atoms with van der Waals surface area (Å²) in [6, 6.07) is 11.1. The molecule has 0 unspecified atom stereocenters. The van der Waals surface area contributed by atoms with E-state index in [-0.39, 0.29) is 11.6 Å². The van der Waals surface area contributed by atoms with Crippen molar-refractivity contribution in [3.05, 3.63) is 65.9 Å². The molecular formula is C17H15F2N5O. The van der Waals surface area contributed by atoms with Crippen molar-refractivity contribution in [3.63, 3.8) is 0 Å². The van der Waals surface area contributed by atoms with E-state index in [1.165, 1.54) is 12.3 Å². The first kappa shape index (κ1) is 16.6. The highest BCUT2D eigenvalue weighted by Crippen LogP contribution is 2.21. The Morgan fingerprint density at radius 2 is 1.76 bits per heavy atom. The lowest BCUT2D eigenvalue weighted by Gasteiger charge is -2.09. The minimum Gasteiger partial charge on any atom is -0.497 e. The zero-order valence-electron chi connectivity index (χ0n) is 13.3. The van der Waals surface area contributed by atoms with Crippen molar-refractivity contribution in [2.75, 3.05) is 17.7 Å². The van der Waals surface area contributed by atoms with Crippen LogP contribution >= 0.6 is 0 Å². The van der Waals surface area contributed by atoms with Crippen molar-refractivity contribution in [1.29, 1.82) is 0 Å². The lowest BCUT2D eigenvalue weighted by molar-refractivity contribution is 0.414. The van der Waals surface area contributed by atoms with E-state index >= 15 is 0 Å². The molecule has 0 aliphatic rings. The maximum absolute atomic E-state index is 13.7. The molecule has 0 spiro atoms. The lowest BCUT2D eigenvalue weighted by atomic mass is 10.2. The molecule has 0 saturated carbocycles. The highest BCUT2D eigenvalue weighted by atomic mass is 19.1. The Balaban J connectivity index is 1.68. The van der Waals surface area contributed by atoms with Crippen LogP contribution in [0, 0.1) is 11.6 Å². The van der Waals surface area contributed by atoms with E-state index in [1.54, 1.807) is 7.11 Å². The molecule has 1 aromatic heterocycles. The number of aromatic nitrogens is 3. The van der Waals surface area contributed by atoms with Gasteiger partial charge in [0.15, 0.2) is 5.82 Å². The van der Waals surface area contributed by atoms with Gasteiger partial charge in [-0.2, -0.15) is 10.1 Å². The Morgan fingerprint density at radius 3 is 2.44 bits per heavy atom. The summed E-state index contributed by atoms with van der Waals surface area (Å²) in [6.45, 7) is 0.496. The van der Waals surface area contributed by atoms with Gasteiger partial charge in [0.2, 0.25) is 5.95 Å². The average Bonchev–Trinajstić information content (AvgIpc) is 2.64. The fraction of sp³-hybridized carbons (Fsp3) is 0.118. The second-order valence-corrected chi connectivity index (χ2v) is 5.09. The van der Waals surface area contributed by atoms with E-state index in [2.05, 4.69) is 25.8 Å². The second-order valence-electron chi connectivity index (χ2n) is 5.09. The lowest BCUT2D eigenvalue weighted by Crippen LogP contribution is -2.07. The highest BCUT2D eigenvalue weighted by Gasteiger charge is 2.10. The Bertz CT molecular complexity index is 838. The van der Waals surface area contributed by atoms with Crippen LogP contribution in [-0.2, 0) is 6.54 Å². The van der Waals surface area contributed by atoms with Crippen molar-refractivity contribution < 1.29 is 13.5 Å². The molecule has 0 bridgehead atoms. The van der Waals surface area contributed by atoms with Crippen LogP contribution in [0.5, 0.6) is 5.75 Å². The van der Waals surface area contributed by atoms with Gasteiger partial charge >= 0.3 is 0 Å². The monoisotopic (exact) mass is 343 g/mol. The first-order valence-corrected chi connectivity index (χ1v) is 7.43. The molecule has 0 atom stereocenters. The summed E-state index contributed by atoms with van der Waals surface area (Å²) in [5.74, 6) is -0.292. The minimum absolute atomic E-state index is 0.0104. The molecular weight excluding hydrogens is 328 g/mol. The Morgan fingerprint density at radius 1 is 1.04 bits per heavy atom. The number of nitrogens with zero attached hydrogens (tertiary/aromatic N) is 3. The predicted octanol–water partition coefficient (Wildman–Crippen LogP) is 3.51. The van der Waals surface area contributed by atoms with Crippen LogP contribution in [0.4, 0.5) is 26.2 Å². The Hall–Kier alpha value is -3.29. The largest absolute Gasteiger partial charge is 0.497 e. The molecule has 25 heavy (non-hydrogen) atoms. The van der Waals surface area contributed by atoms with Gasteiger partial charge in [0, 0.05) is 6.54 Å². The maximum atomic E-state index is 13.7. The van der Waals surface area contributed by atoms with Crippen LogP contribution in [0.3, 0.4) is 0 Å². The van der Waals surface area contributed by atoms with Gasteiger partial charge in [-0.1, -0.05) is 18.2 Å². The molecule has 0 aliphatic heterocycles. The van der Waals surface area contributed by atoms with E-state index in [0.717, 1.165) is 23.4 Å². The third-order valence-corrected chi connectivity index (χ3v) is 3.39. The van der Waals surface area contributed by atoms with Crippen LogP contribution in [0.15, 0.2) is 48.7 Å². The number of hydrogen-bond acceptors (Lipinski definition) is 6. The number of anilines is 3. The van der Waals surface area contributed by atoms with Gasteiger partial charge in [-0.15, -0.1) is 5.10 Å². The van der Waals surface area contributed by atoms with Crippen LogP contribution in [-0.4, -0.2) is 22.3 Å². The van der Waals surface area contributed by atoms with Gasteiger partial charge in [0.1, 0.15) is 23.1 Å². The predicted molar refractivity (Wildman–Crippen MR) is 89.8 cm³/mol. The van der Waals surface area contributed by atoms with Gasteiger partial charge in [-0.05, 0) is 29.8 Å². The van der Waals surface area contributed by atoms with E-state index < -0.39 is 11.6 Å². The van der Waals surface area contributed by atoms with Crippen molar-refractivity contribution in [2.24, 2.45) is 0 Å². The molecule has 0 radical (unpaired) electrons. The molecule has 8 heteroatoms. The Labute approximate surface area is 142 Å². The van der Waals surface area contributed by atoms with E-state index in [0.29, 0.717) is 12.4 Å². The molecule has 128 valence electrons. The highest BCUT2D eigenvalue weighted by molar-refractivity contribution is 5.55. The summed E-state index contributed by atoms with van der Waals surface area (Å²) < 4.78 is 32.4. The van der Waals surface area contributed by atoms with Crippen LogP contribution in [0.1, 0.15) is 5.56 Å². The summed E-state index contributed by atoms with van der Waals surface area (Å²) in [7, 11) is 1.60. The number of benzene rings is 2. The van der Waals surface area contributed by atoms with Crippen LogP contribution in [0.2, 0.25) is 0 Å². The molecule has 1 heterocycles. The number of rotatable bonds is 6. The molecule has 2 N–H and O–H groups in total. The number of methoxy groups -OCH3 is 1. The fourth-order valence-electron chi connectivity index (χ4n) is 2.11. The quantitative estimate of drug-likeness (QED) is 0.714. The van der Waals surface area contributed by atoms with E-state index in [1.807, 2.05) is 24.3 Å². The Kier molecular flexibility index (Phi) is 4.98. The first-order chi connectivity index (χ1) is 12.2. The van der Waals surface area contributed by atoms with Crippen molar-refractivity contribution >= 4 is 17.5 Å². The van der Waals surface area contributed by atoms with Crippen LogP contribution in [0.25, 0.3) is 0 Å². The molecule has 6 nitrogen and oxygen atoms in total. The third-order valence-electron chi connectivity index (χ3n) is 3.39. The topological polar surface area (TPSA) is 72.0 Å². The molecule has 2 aromatic carbocycles. The zero-order chi connectivity index (χ0) is 17.6. The summed E-state index contributed by atoms with van der Waals surface area (Å²) in [4.78, 5) is 4.15. The number of nitrogens with one attached hydrogen (secondary N) is 2. The summed E-state index contributed by atoms with van der Waals surface area (Å²) >= 11 is 0. The van der Waals surface area contributed by atoms with Gasteiger partial charge < -0.3 is 15.4 Å². The molecule has 0 saturated heterocycles. The SMILES string of the molecule is COc1ccc(CNc2cnnc(Nc3c(F)cccc3F)n2)cc1. The molecule has 3 aromatic rings. The van der Waals surface area contributed by atoms with Crippen LogP contribution < -0.4 is 15.4 Å². The molecule has 0 aliphatic carbocycles. The second kappa shape index (κ2) is 7.52. The smallest absolute Gasteiger partial charge is 0.249 e. The number of ether oxygens (including phenoxy) is 1. The minimum atomic E-state index is -0.736. The number of hydrogen-bond donors (Lipinski definition) is 2. The number of halogens is 2.